The molecule has 0 N–H and O–H groups in total. The first-order valence-electron chi connectivity index (χ1n) is 4.35. The molecule has 0 aromatic rings. The normalized spacial score (nSPS) is 27.1. The number of aldehydes is 1. The number of nitrogens with zero attached hydrogens (tertiary/aromatic N) is 1. The zero-order chi connectivity index (χ0) is 9.19. The Morgan fingerprint density at radius 2 is 2.17 bits per heavy atom. The van der Waals surface area contributed by atoms with E-state index in [1.807, 2.05) is 0 Å². The number of carbonyl (C=O) groups is 1. The predicted octanol–water partition coefficient (Wildman–Crippen LogP) is 0.685. The standard InChI is InChI=1S/C9H17NO2/c1-9(2,3)10-4-5-12-7-8(10)6-11/h6,8H,4-5,7H2,1-3H3/t8-/m0/s1. The molecule has 70 valence electrons. The van der Waals surface area contributed by atoms with Crippen molar-refractivity contribution in [2.45, 2.75) is 32.4 Å². The molecule has 12 heavy (non-hydrogen) atoms. The Morgan fingerprint density at radius 3 is 2.58 bits per heavy atom. The van der Waals surface area contributed by atoms with Crippen LogP contribution in [0, 0.1) is 0 Å². The van der Waals surface area contributed by atoms with Gasteiger partial charge in [-0.1, -0.05) is 0 Å². The van der Waals surface area contributed by atoms with Gasteiger partial charge in [0.1, 0.15) is 6.29 Å². The molecule has 1 aliphatic heterocycles. The van der Waals surface area contributed by atoms with Gasteiger partial charge in [0, 0.05) is 12.1 Å². The Kier molecular flexibility index (Phi) is 2.85. The van der Waals surface area contributed by atoms with Crippen LogP contribution in [0.4, 0.5) is 0 Å². The molecule has 0 unspecified atom stereocenters. The summed E-state index contributed by atoms with van der Waals surface area (Å²) in [6.45, 7) is 8.49. The highest BCUT2D eigenvalue weighted by Crippen LogP contribution is 2.18. The summed E-state index contributed by atoms with van der Waals surface area (Å²) in [5.41, 5.74) is 0.0648. The van der Waals surface area contributed by atoms with Gasteiger partial charge in [0.15, 0.2) is 0 Å². The Labute approximate surface area is 73.7 Å². The molecule has 1 aliphatic rings. The zero-order valence-corrected chi connectivity index (χ0v) is 8.04. The van der Waals surface area contributed by atoms with Gasteiger partial charge in [0.25, 0.3) is 0 Å². The van der Waals surface area contributed by atoms with Gasteiger partial charge < -0.3 is 9.53 Å². The van der Waals surface area contributed by atoms with Crippen molar-refractivity contribution in [2.75, 3.05) is 19.8 Å². The highest BCUT2D eigenvalue weighted by molar-refractivity contribution is 5.58. The van der Waals surface area contributed by atoms with Crippen LogP contribution in [-0.4, -0.2) is 42.5 Å². The van der Waals surface area contributed by atoms with Gasteiger partial charge in [0.05, 0.1) is 19.3 Å². The first-order valence-corrected chi connectivity index (χ1v) is 4.35. The fourth-order valence-corrected chi connectivity index (χ4v) is 1.57. The van der Waals surface area contributed by atoms with Crippen molar-refractivity contribution in [1.82, 2.24) is 4.90 Å². The summed E-state index contributed by atoms with van der Waals surface area (Å²) in [6.07, 6.45) is 0.977. The molecule has 0 amide bonds. The van der Waals surface area contributed by atoms with Crippen LogP contribution in [0.2, 0.25) is 0 Å². The molecule has 3 nitrogen and oxygen atoms in total. The summed E-state index contributed by atoms with van der Waals surface area (Å²) in [5.74, 6) is 0. The van der Waals surface area contributed by atoms with E-state index in [1.54, 1.807) is 0 Å². The Hall–Kier alpha value is -0.410. The molecule has 0 spiro atoms. The third-order valence-corrected chi connectivity index (χ3v) is 2.18. The second-order valence-electron chi connectivity index (χ2n) is 4.14. The van der Waals surface area contributed by atoms with E-state index in [2.05, 4.69) is 25.7 Å². The third kappa shape index (κ3) is 2.05. The summed E-state index contributed by atoms with van der Waals surface area (Å²) >= 11 is 0. The van der Waals surface area contributed by atoms with Gasteiger partial charge in [-0.25, -0.2) is 0 Å². The van der Waals surface area contributed by atoms with Crippen molar-refractivity contribution in [3.63, 3.8) is 0 Å². The molecule has 0 saturated carbocycles. The minimum Gasteiger partial charge on any atom is -0.378 e. The molecular formula is C9H17NO2. The van der Waals surface area contributed by atoms with E-state index < -0.39 is 0 Å². The highest BCUT2D eigenvalue weighted by atomic mass is 16.5. The Morgan fingerprint density at radius 1 is 1.50 bits per heavy atom. The maximum atomic E-state index is 10.7. The van der Waals surface area contributed by atoms with Crippen LogP contribution in [0.1, 0.15) is 20.8 Å². The second-order valence-corrected chi connectivity index (χ2v) is 4.14. The molecule has 0 aromatic heterocycles. The van der Waals surface area contributed by atoms with Gasteiger partial charge >= 0.3 is 0 Å². The van der Waals surface area contributed by atoms with Crippen LogP contribution in [0.5, 0.6) is 0 Å². The van der Waals surface area contributed by atoms with Gasteiger partial charge in [-0.3, -0.25) is 4.90 Å². The average molecular weight is 171 g/mol. The van der Waals surface area contributed by atoms with Crippen molar-refractivity contribution in [3.8, 4) is 0 Å². The first kappa shape index (κ1) is 9.68. The number of morpholine rings is 1. The summed E-state index contributed by atoms with van der Waals surface area (Å²) in [4.78, 5) is 12.9. The van der Waals surface area contributed by atoms with E-state index in [-0.39, 0.29) is 11.6 Å². The van der Waals surface area contributed by atoms with E-state index in [4.69, 9.17) is 4.74 Å². The quantitative estimate of drug-likeness (QED) is 0.543. The van der Waals surface area contributed by atoms with Crippen LogP contribution in [0.25, 0.3) is 0 Å². The summed E-state index contributed by atoms with van der Waals surface area (Å²) in [5, 5.41) is 0. The largest absolute Gasteiger partial charge is 0.378 e. The first-order chi connectivity index (χ1) is 5.55. The smallest absolute Gasteiger partial charge is 0.139 e. The summed E-state index contributed by atoms with van der Waals surface area (Å²) in [6, 6.07) is -0.0567. The molecule has 1 saturated heterocycles. The van der Waals surface area contributed by atoms with E-state index >= 15 is 0 Å². The van der Waals surface area contributed by atoms with Crippen molar-refractivity contribution in [3.05, 3.63) is 0 Å². The minimum atomic E-state index is -0.0567. The van der Waals surface area contributed by atoms with Crippen molar-refractivity contribution in [1.29, 1.82) is 0 Å². The lowest BCUT2D eigenvalue weighted by Gasteiger charge is -2.41. The predicted molar refractivity (Wildman–Crippen MR) is 47.1 cm³/mol. The fraction of sp³-hybridized carbons (Fsp3) is 0.889. The maximum absolute atomic E-state index is 10.7. The molecule has 0 bridgehead atoms. The molecule has 3 heteroatoms. The molecule has 1 fully saturated rings. The van der Waals surface area contributed by atoms with E-state index in [9.17, 15) is 4.79 Å². The number of rotatable bonds is 1. The Balaban J connectivity index is 2.65. The molecule has 1 atom stereocenters. The topological polar surface area (TPSA) is 29.5 Å². The second kappa shape index (κ2) is 3.54. The number of carbonyl (C=O) groups excluding carboxylic acids is 1. The van der Waals surface area contributed by atoms with E-state index in [0.717, 1.165) is 19.4 Å². The number of ether oxygens (including phenoxy) is 1. The average Bonchev–Trinajstić information content (AvgIpc) is 2.03. The molecule has 0 aromatic carbocycles. The van der Waals surface area contributed by atoms with Gasteiger partial charge in [0.2, 0.25) is 0 Å². The van der Waals surface area contributed by atoms with Crippen LogP contribution in [-0.2, 0) is 9.53 Å². The Bertz CT molecular complexity index is 162. The lowest BCUT2D eigenvalue weighted by Crippen LogP contribution is -2.55. The maximum Gasteiger partial charge on any atom is 0.139 e. The summed E-state index contributed by atoms with van der Waals surface area (Å²) in [7, 11) is 0. The SMILES string of the molecule is CC(C)(C)N1CCOC[C@@H]1C=O. The molecule has 0 radical (unpaired) electrons. The van der Waals surface area contributed by atoms with E-state index in [0.29, 0.717) is 6.61 Å². The molecular weight excluding hydrogens is 154 g/mol. The molecule has 0 aliphatic carbocycles. The summed E-state index contributed by atoms with van der Waals surface area (Å²) < 4.78 is 5.23. The third-order valence-electron chi connectivity index (χ3n) is 2.18. The molecule has 1 heterocycles. The lowest BCUT2D eigenvalue weighted by atomic mass is 10.0. The highest BCUT2D eigenvalue weighted by Gasteiger charge is 2.30. The zero-order valence-electron chi connectivity index (χ0n) is 8.04. The van der Waals surface area contributed by atoms with Crippen LogP contribution in [0.3, 0.4) is 0 Å². The number of hydrogen-bond donors (Lipinski definition) is 0. The number of hydrogen-bond acceptors (Lipinski definition) is 3. The van der Waals surface area contributed by atoms with Gasteiger partial charge in [-0.05, 0) is 20.8 Å². The van der Waals surface area contributed by atoms with E-state index in [1.165, 1.54) is 0 Å². The van der Waals surface area contributed by atoms with Crippen molar-refractivity contribution >= 4 is 6.29 Å². The van der Waals surface area contributed by atoms with Crippen LogP contribution >= 0.6 is 0 Å². The van der Waals surface area contributed by atoms with Crippen LogP contribution in [0.15, 0.2) is 0 Å². The minimum absolute atomic E-state index is 0.0567. The van der Waals surface area contributed by atoms with Gasteiger partial charge in [-0.2, -0.15) is 0 Å². The monoisotopic (exact) mass is 171 g/mol. The van der Waals surface area contributed by atoms with Crippen molar-refractivity contribution in [2.24, 2.45) is 0 Å². The molecule has 1 rings (SSSR count). The van der Waals surface area contributed by atoms with Gasteiger partial charge in [-0.15, -0.1) is 0 Å². The lowest BCUT2D eigenvalue weighted by molar-refractivity contribution is -0.122. The fourth-order valence-electron chi connectivity index (χ4n) is 1.57. The van der Waals surface area contributed by atoms with Crippen LogP contribution < -0.4 is 0 Å². The van der Waals surface area contributed by atoms with Crippen molar-refractivity contribution < 1.29 is 9.53 Å².